The summed E-state index contributed by atoms with van der Waals surface area (Å²) >= 11 is 6.56. The first-order valence-electron chi connectivity index (χ1n) is 22.0. The van der Waals surface area contributed by atoms with Crippen molar-refractivity contribution in [3.05, 3.63) is 106 Å². The minimum absolute atomic E-state index is 0. The lowest BCUT2D eigenvalue weighted by atomic mass is 9.78. The van der Waals surface area contributed by atoms with Crippen LogP contribution in [0.5, 0.6) is 11.5 Å². The van der Waals surface area contributed by atoms with E-state index >= 15 is 0 Å². The van der Waals surface area contributed by atoms with Crippen molar-refractivity contribution in [1.29, 1.82) is 0 Å². The van der Waals surface area contributed by atoms with Crippen molar-refractivity contribution in [1.82, 2.24) is 9.97 Å². The number of nitrogens with zero attached hydrogens (tertiary/aromatic N) is 2. The van der Waals surface area contributed by atoms with Crippen LogP contribution in [-0.2, 0) is 48.8 Å². The number of aliphatic hydroxyl groups is 1. The van der Waals surface area contributed by atoms with Crippen LogP contribution in [0.4, 0.5) is 0 Å². The summed E-state index contributed by atoms with van der Waals surface area (Å²) in [6.07, 6.45) is 1.51. The van der Waals surface area contributed by atoms with Gasteiger partial charge in [0, 0.05) is 24.3 Å². The number of esters is 1. The number of ether oxygens (including phenoxy) is 1. The summed E-state index contributed by atoms with van der Waals surface area (Å²) in [7, 11) is 0. The summed E-state index contributed by atoms with van der Waals surface area (Å²) in [5.74, 6) is 1.12. The molecule has 360 valence electrons. The van der Waals surface area contributed by atoms with E-state index in [1.807, 2.05) is 60.7 Å². The van der Waals surface area contributed by atoms with Crippen molar-refractivity contribution < 1.29 is 34.8 Å². The number of aryl methyl sites for hydroxylation is 2. The smallest absolute Gasteiger partial charge is 0.306 e. The van der Waals surface area contributed by atoms with Crippen LogP contribution in [0.15, 0.2) is 81.5 Å². The number of fused-ring (bicyclic) bond motifs is 2. The highest BCUT2D eigenvalue weighted by atomic mass is 32.2. The van der Waals surface area contributed by atoms with E-state index in [0.717, 1.165) is 58.8 Å². The molecule has 6 aromatic rings. The van der Waals surface area contributed by atoms with Gasteiger partial charge in [-0.15, -0.1) is 22.7 Å². The normalized spacial score (nSPS) is 11.9. The number of benzene rings is 4. The second-order valence-electron chi connectivity index (χ2n) is 20.0. The highest BCUT2D eigenvalue weighted by molar-refractivity contribution is 8.01. The number of thiazole rings is 2. The molecule has 4 aromatic carbocycles. The van der Waals surface area contributed by atoms with Crippen LogP contribution in [0.3, 0.4) is 0 Å². The molecule has 0 spiro atoms. The maximum atomic E-state index is 12.3. The fourth-order valence-electron chi connectivity index (χ4n) is 6.78. The van der Waals surface area contributed by atoms with E-state index in [0.29, 0.717) is 43.1 Å². The Balaban J connectivity index is 0.000000289. The first-order chi connectivity index (χ1) is 30.3. The number of para-hydroxylation sites is 2. The van der Waals surface area contributed by atoms with Gasteiger partial charge in [0.2, 0.25) is 0 Å². The summed E-state index contributed by atoms with van der Waals surface area (Å²) in [5.41, 5.74) is 6.96. The van der Waals surface area contributed by atoms with E-state index in [2.05, 4.69) is 105 Å². The molecule has 4 N–H and O–H groups in total. The third kappa shape index (κ3) is 16.9. The van der Waals surface area contributed by atoms with Crippen LogP contribution >= 0.6 is 46.2 Å². The number of rotatable bonds is 13. The third-order valence-corrected chi connectivity index (χ3v) is 14.6. The predicted octanol–water partition coefficient (Wildman–Crippen LogP) is 13.9. The molecule has 0 amide bonds. The summed E-state index contributed by atoms with van der Waals surface area (Å²) in [6.45, 7) is 25.4. The highest BCUT2D eigenvalue weighted by Crippen LogP contribution is 2.41. The van der Waals surface area contributed by atoms with Crippen molar-refractivity contribution in [2.24, 2.45) is 0 Å². The fourth-order valence-corrected chi connectivity index (χ4v) is 10.6. The standard InChI is InChI=1S/C26H33NO3S2.C17H26O3.C9H9NOS2.CH4/c1-25(2,3)18-15-17(16-19(23(18)29)26(4,5)6)11-12-22(28)30-13-14-31-24-27-20-9-7-8-10-21(20)32-24;1-16(2,3)12-9-11(7-8-14(18)19)10-13(15(12)20)17(4,5)6;11-5-6-12-9-10-7-3-1-2-4-8(7)13-9;/h7-10,15-16,29H,11-14H2,1-6H3;9-10,20H,7-8H2,1-6H3,(H,18,19);1-4,11H,5-6H2;1H4. The van der Waals surface area contributed by atoms with E-state index in [1.165, 1.54) is 9.40 Å². The van der Waals surface area contributed by atoms with Crippen molar-refractivity contribution >= 4 is 78.6 Å². The number of aliphatic hydroxyl groups excluding tert-OH is 1. The first-order valence-corrected chi connectivity index (χ1v) is 25.6. The number of carboxylic acid groups (broad SMARTS) is 1. The molecule has 6 rings (SSSR count). The minimum Gasteiger partial charge on any atom is -0.507 e. The SMILES string of the molecule is C.CC(C)(C)c1cc(CCC(=O)O)cc(C(C)(C)C)c1O.CC(C)(C)c1cc(CCC(=O)OCCSc2nc3ccccc3s2)cc(C(C)(C)C)c1O.OCCSc1nc2ccccc2s1. The van der Waals surface area contributed by atoms with Gasteiger partial charge in [-0.3, -0.25) is 9.59 Å². The number of aromatic hydroxyl groups is 2. The van der Waals surface area contributed by atoms with E-state index in [1.54, 1.807) is 46.2 Å². The predicted molar refractivity (Wildman–Crippen MR) is 281 cm³/mol. The number of phenols is 2. The van der Waals surface area contributed by atoms with E-state index in [9.17, 15) is 19.8 Å². The lowest BCUT2D eigenvalue weighted by molar-refractivity contribution is -0.143. The number of aromatic nitrogens is 2. The summed E-state index contributed by atoms with van der Waals surface area (Å²) in [6, 6.07) is 24.1. The molecule has 0 radical (unpaired) electrons. The second-order valence-corrected chi connectivity index (χ2v) is 24.8. The number of carbonyl (C=O) groups excluding carboxylic acids is 1. The monoisotopic (exact) mass is 976 g/mol. The van der Waals surface area contributed by atoms with Crippen molar-refractivity contribution in [2.45, 2.75) is 147 Å². The number of aliphatic carboxylic acids is 1. The van der Waals surface area contributed by atoms with Crippen LogP contribution in [0.2, 0.25) is 0 Å². The average Bonchev–Trinajstić information content (AvgIpc) is 3.83. The fraction of sp³-hybridized carbons (Fsp3) is 0.472. The van der Waals surface area contributed by atoms with Gasteiger partial charge in [-0.2, -0.15) is 0 Å². The molecular formula is C53H72N2O7S4. The molecular weight excluding hydrogens is 905 g/mol. The van der Waals surface area contributed by atoms with E-state index in [-0.39, 0.29) is 48.1 Å². The molecule has 2 heterocycles. The molecule has 0 bridgehead atoms. The van der Waals surface area contributed by atoms with Gasteiger partial charge < -0.3 is 25.2 Å². The van der Waals surface area contributed by atoms with Crippen molar-refractivity contribution in [3.8, 4) is 11.5 Å². The highest BCUT2D eigenvalue weighted by Gasteiger charge is 2.28. The van der Waals surface area contributed by atoms with Crippen LogP contribution in [-0.4, -0.2) is 67.1 Å². The first kappa shape index (κ1) is 56.2. The van der Waals surface area contributed by atoms with Crippen LogP contribution in [0.1, 0.15) is 137 Å². The number of hydrogen-bond acceptors (Lipinski definition) is 12. The summed E-state index contributed by atoms with van der Waals surface area (Å²) in [5, 5.41) is 38.9. The Morgan fingerprint density at radius 1 is 0.591 bits per heavy atom. The number of hydrogen-bond donors (Lipinski definition) is 4. The maximum Gasteiger partial charge on any atom is 0.306 e. The van der Waals surface area contributed by atoms with Gasteiger partial charge in [0.25, 0.3) is 0 Å². The Morgan fingerprint density at radius 2 is 0.955 bits per heavy atom. The van der Waals surface area contributed by atoms with Gasteiger partial charge in [0.1, 0.15) is 18.1 Å². The Labute approximate surface area is 409 Å². The Bertz CT molecular complexity index is 2380. The van der Waals surface area contributed by atoms with Gasteiger partial charge in [-0.1, -0.05) is 163 Å². The van der Waals surface area contributed by atoms with Gasteiger partial charge in [0.05, 0.1) is 27.0 Å². The summed E-state index contributed by atoms with van der Waals surface area (Å²) < 4.78 is 9.86. The van der Waals surface area contributed by atoms with Crippen LogP contribution < -0.4 is 0 Å². The van der Waals surface area contributed by atoms with Crippen LogP contribution in [0, 0.1) is 0 Å². The molecule has 2 aromatic heterocycles. The van der Waals surface area contributed by atoms with Crippen molar-refractivity contribution in [2.75, 3.05) is 24.7 Å². The molecule has 0 saturated heterocycles. The number of carbonyl (C=O) groups is 2. The summed E-state index contributed by atoms with van der Waals surface area (Å²) in [4.78, 5) is 32.1. The number of thioether (sulfide) groups is 2. The van der Waals surface area contributed by atoms with Gasteiger partial charge in [-0.05, 0) is 92.1 Å². The second kappa shape index (κ2) is 24.2. The minimum atomic E-state index is -0.798. The zero-order valence-corrected chi connectivity index (χ0v) is 43.4. The Kier molecular flexibility index (Phi) is 20.6. The Morgan fingerprint density at radius 3 is 1.30 bits per heavy atom. The zero-order chi connectivity index (χ0) is 48.3. The quantitative estimate of drug-likeness (QED) is 0.0497. The molecule has 0 unspecified atom stereocenters. The molecule has 0 aliphatic rings. The molecule has 0 aliphatic carbocycles. The third-order valence-electron chi connectivity index (χ3n) is 10.3. The number of phenolic OH excluding ortho intramolecular Hbond substituents is 2. The zero-order valence-electron chi connectivity index (χ0n) is 40.1. The molecule has 0 fully saturated rings. The van der Waals surface area contributed by atoms with Crippen molar-refractivity contribution in [3.63, 3.8) is 0 Å². The number of carboxylic acids is 1. The molecule has 0 atom stereocenters. The maximum absolute atomic E-state index is 12.3. The largest absolute Gasteiger partial charge is 0.507 e. The van der Waals surface area contributed by atoms with Gasteiger partial charge in [-0.25, -0.2) is 9.97 Å². The van der Waals surface area contributed by atoms with Crippen LogP contribution in [0.25, 0.3) is 20.4 Å². The Hall–Kier alpha value is -4.14. The molecule has 9 nitrogen and oxygen atoms in total. The molecule has 0 saturated carbocycles. The molecule has 13 heteroatoms. The molecule has 0 aliphatic heterocycles. The van der Waals surface area contributed by atoms with E-state index in [4.69, 9.17) is 14.9 Å². The molecule has 66 heavy (non-hydrogen) atoms. The van der Waals surface area contributed by atoms with Gasteiger partial charge in [0.15, 0.2) is 8.68 Å². The van der Waals surface area contributed by atoms with Gasteiger partial charge >= 0.3 is 11.9 Å². The lowest BCUT2D eigenvalue weighted by Crippen LogP contribution is -2.18. The van der Waals surface area contributed by atoms with E-state index < -0.39 is 5.97 Å². The topological polar surface area (TPSA) is 150 Å². The average molecular weight is 977 g/mol. The lowest BCUT2D eigenvalue weighted by Gasteiger charge is -2.28.